The molecule has 21 heavy (non-hydrogen) atoms. The van der Waals surface area contributed by atoms with Gasteiger partial charge in [0.2, 0.25) is 0 Å². The average Bonchev–Trinajstić information content (AvgIpc) is 3.01. The van der Waals surface area contributed by atoms with Crippen molar-refractivity contribution in [1.82, 2.24) is 5.32 Å². The molecule has 0 radical (unpaired) electrons. The molecule has 0 aromatic heterocycles. The van der Waals surface area contributed by atoms with Gasteiger partial charge in [-0.05, 0) is 56.7 Å². The molecule has 2 unspecified atom stereocenters. The first-order valence-corrected chi connectivity index (χ1v) is 8.11. The minimum atomic E-state index is 0.471. The largest absolute Gasteiger partial charge is 0.493 e. The Kier molecular flexibility index (Phi) is 5.92. The highest BCUT2D eigenvalue weighted by Crippen LogP contribution is 2.29. The molecule has 1 aliphatic carbocycles. The third kappa shape index (κ3) is 4.37. The molecule has 3 nitrogen and oxygen atoms in total. The fraction of sp³-hybridized carbons (Fsp3) is 0.667. The summed E-state index contributed by atoms with van der Waals surface area (Å²) in [6.07, 6.45) is 6.59. The van der Waals surface area contributed by atoms with E-state index in [4.69, 9.17) is 9.47 Å². The Morgan fingerprint density at radius 2 is 1.76 bits per heavy atom. The number of rotatable bonds is 7. The van der Waals surface area contributed by atoms with Crippen LogP contribution in [0.25, 0.3) is 0 Å². The van der Waals surface area contributed by atoms with Crippen molar-refractivity contribution in [2.24, 2.45) is 5.92 Å². The SMILES string of the molecule is COc1ccc(CC(C)NC(C)C2CCCC2)cc1OC. The van der Waals surface area contributed by atoms with Gasteiger partial charge in [-0.1, -0.05) is 18.9 Å². The zero-order chi connectivity index (χ0) is 15.2. The summed E-state index contributed by atoms with van der Waals surface area (Å²) in [5, 5.41) is 3.76. The number of hydrogen-bond acceptors (Lipinski definition) is 3. The molecule has 0 bridgehead atoms. The molecule has 0 amide bonds. The van der Waals surface area contributed by atoms with Gasteiger partial charge in [-0.3, -0.25) is 0 Å². The molecule has 1 N–H and O–H groups in total. The van der Waals surface area contributed by atoms with Gasteiger partial charge in [0.15, 0.2) is 11.5 Å². The minimum Gasteiger partial charge on any atom is -0.493 e. The van der Waals surface area contributed by atoms with Gasteiger partial charge in [-0.25, -0.2) is 0 Å². The second kappa shape index (κ2) is 7.69. The molecular formula is C18H29NO2. The predicted molar refractivity (Wildman–Crippen MR) is 87.3 cm³/mol. The second-order valence-electron chi connectivity index (χ2n) is 6.29. The molecule has 1 aliphatic rings. The van der Waals surface area contributed by atoms with Crippen LogP contribution in [0.3, 0.4) is 0 Å². The van der Waals surface area contributed by atoms with E-state index in [2.05, 4.69) is 31.3 Å². The maximum atomic E-state index is 5.38. The van der Waals surface area contributed by atoms with Gasteiger partial charge < -0.3 is 14.8 Å². The van der Waals surface area contributed by atoms with E-state index in [9.17, 15) is 0 Å². The van der Waals surface area contributed by atoms with Crippen LogP contribution in [-0.4, -0.2) is 26.3 Å². The van der Waals surface area contributed by atoms with Crippen molar-refractivity contribution in [3.05, 3.63) is 23.8 Å². The number of benzene rings is 1. The van der Waals surface area contributed by atoms with Gasteiger partial charge in [0.1, 0.15) is 0 Å². The fourth-order valence-electron chi connectivity index (χ4n) is 3.46. The average molecular weight is 291 g/mol. The van der Waals surface area contributed by atoms with Crippen molar-refractivity contribution >= 4 is 0 Å². The molecular weight excluding hydrogens is 262 g/mol. The van der Waals surface area contributed by atoms with E-state index in [0.717, 1.165) is 23.8 Å². The highest BCUT2D eigenvalue weighted by atomic mass is 16.5. The van der Waals surface area contributed by atoms with Crippen molar-refractivity contribution < 1.29 is 9.47 Å². The van der Waals surface area contributed by atoms with Crippen molar-refractivity contribution in [3.63, 3.8) is 0 Å². The summed E-state index contributed by atoms with van der Waals surface area (Å²) in [6.45, 7) is 4.60. The van der Waals surface area contributed by atoms with Gasteiger partial charge in [-0.15, -0.1) is 0 Å². The number of methoxy groups -OCH3 is 2. The molecule has 2 atom stereocenters. The first-order valence-electron chi connectivity index (χ1n) is 8.11. The van der Waals surface area contributed by atoms with Crippen LogP contribution in [0, 0.1) is 5.92 Å². The van der Waals surface area contributed by atoms with Crippen molar-refractivity contribution in [3.8, 4) is 11.5 Å². The summed E-state index contributed by atoms with van der Waals surface area (Å²) in [5.74, 6) is 2.46. The molecule has 2 rings (SSSR count). The maximum Gasteiger partial charge on any atom is 0.160 e. The third-order valence-corrected chi connectivity index (χ3v) is 4.64. The van der Waals surface area contributed by atoms with Gasteiger partial charge >= 0.3 is 0 Å². The van der Waals surface area contributed by atoms with E-state index < -0.39 is 0 Å². The Balaban J connectivity index is 1.91. The highest BCUT2D eigenvalue weighted by Gasteiger charge is 2.22. The van der Waals surface area contributed by atoms with Gasteiger partial charge in [0.25, 0.3) is 0 Å². The first kappa shape index (κ1) is 16.2. The summed E-state index contributed by atoms with van der Waals surface area (Å²) in [6, 6.07) is 7.28. The molecule has 1 aromatic rings. The lowest BCUT2D eigenvalue weighted by Crippen LogP contribution is -2.39. The molecule has 0 aliphatic heterocycles. The van der Waals surface area contributed by atoms with Crippen LogP contribution in [-0.2, 0) is 6.42 Å². The monoisotopic (exact) mass is 291 g/mol. The topological polar surface area (TPSA) is 30.5 Å². The smallest absolute Gasteiger partial charge is 0.160 e. The molecule has 118 valence electrons. The van der Waals surface area contributed by atoms with Crippen LogP contribution in [0.15, 0.2) is 18.2 Å². The quantitative estimate of drug-likeness (QED) is 0.829. The fourth-order valence-corrected chi connectivity index (χ4v) is 3.46. The maximum absolute atomic E-state index is 5.38. The lowest BCUT2D eigenvalue weighted by Gasteiger charge is -2.25. The minimum absolute atomic E-state index is 0.471. The van der Waals surface area contributed by atoms with Crippen molar-refractivity contribution in [2.75, 3.05) is 14.2 Å². The van der Waals surface area contributed by atoms with E-state index in [0.29, 0.717) is 12.1 Å². The van der Waals surface area contributed by atoms with E-state index in [1.54, 1.807) is 14.2 Å². The molecule has 0 spiro atoms. The summed E-state index contributed by atoms with van der Waals surface area (Å²) >= 11 is 0. The Labute approximate surface area is 129 Å². The van der Waals surface area contributed by atoms with Gasteiger partial charge in [-0.2, -0.15) is 0 Å². The Morgan fingerprint density at radius 1 is 1.10 bits per heavy atom. The highest BCUT2D eigenvalue weighted by molar-refractivity contribution is 5.43. The normalized spacial score (nSPS) is 18.5. The Bertz CT molecular complexity index is 441. The van der Waals surface area contributed by atoms with Crippen LogP contribution >= 0.6 is 0 Å². The predicted octanol–water partition coefficient (Wildman–Crippen LogP) is 3.80. The molecule has 0 saturated heterocycles. The lowest BCUT2D eigenvalue weighted by atomic mass is 9.98. The molecule has 1 saturated carbocycles. The Morgan fingerprint density at radius 3 is 2.38 bits per heavy atom. The molecule has 3 heteroatoms. The number of nitrogens with one attached hydrogen (secondary N) is 1. The van der Waals surface area contributed by atoms with E-state index in [-0.39, 0.29) is 0 Å². The molecule has 1 fully saturated rings. The molecule has 1 aromatic carbocycles. The first-order chi connectivity index (χ1) is 10.1. The van der Waals surface area contributed by atoms with Crippen LogP contribution in [0.4, 0.5) is 0 Å². The lowest BCUT2D eigenvalue weighted by molar-refractivity contribution is 0.345. The number of ether oxygens (including phenoxy) is 2. The van der Waals surface area contributed by atoms with E-state index in [1.165, 1.54) is 31.2 Å². The zero-order valence-corrected chi connectivity index (χ0v) is 13.8. The second-order valence-corrected chi connectivity index (χ2v) is 6.29. The summed E-state index contributed by atoms with van der Waals surface area (Å²) in [4.78, 5) is 0. The van der Waals surface area contributed by atoms with Crippen molar-refractivity contribution in [1.29, 1.82) is 0 Å². The Hall–Kier alpha value is -1.22. The van der Waals surface area contributed by atoms with Crippen LogP contribution in [0.5, 0.6) is 11.5 Å². The third-order valence-electron chi connectivity index (χ3n) is 4.64. The summed E-state index contributed by atoms with van der Waals surface area (Å²) < 4.78 is 10.7. The summed E-state index contributed by atoms with van der Waals surface area (Å²) in [7, 11) is 3.36. The summed E-state index contributed by atoms with van der Waals surface area (Å²) in [5.41, 5.74) is 1.28. The van der Waals surface area contributed by atoms with Crippen LogP contribution in [0.1, 0.15) is 45.1 Å². The van der Waals surface area contributed by atoms with E-state index in [1.807, 2.05) is 6.07 Å². The van der Waals surface area contributed by atoms with Crippen LogP contribution < -0.4 is 14.8 Å². The number of hydrogen-bond donors (Lipinski definition) is 1. The zero-order valence-electron chi connectivity index (χ0n) is 13.8. The van der Waals surface area contributed by atoms with E-state index >= 15 is 0 Å². The standard InChI is InChI=1S/C18H29NO2/c1-13(19-14(2)16-7-5-6-8-16)11-15-9-10-17(20-3)18(12-15)21-4/h9-10,12-14,16,19H,5-8,11H2,1-4H3. The van der Waals surface area contributed by atoms with Crippen molar-refractivity contribution in [2.45, 2.75) is 58.0 Å². The molecule has 0 heterocycles. The van der Waals surface area contributed by atoms with Crippen LogP contribution in [0.2, 0.25) is 0 Å². The van der Waals surface area contributed by atoms with Gasteiger partial charge in [0, 0.05) is 12.1 Å². The van der Waals surface area contributed by atoms with Gasteiger partial charge in [0.05, 0.1) is 14.2 Å².